The van der Waals surface area contributed by atoms with Crippen LogP contribution in [0.3, 0.4) is 0 Å². The van der Waals surface area contributed by atoms with Crippen LogP contribution in [0, 0.1) is 18.7 Å². The van der Waals surface area contributed by atoms with Crippen LogP contribution in [-0.2, 0) is 4.74 Å². The number of fused-ring (bicyclic) bond motifs is 1. The van der Waals surface area contributed by atoms with Crippen molar-refractivity contribution in [3.05, 3.63) is 35.3 Å². The quantitative estimate of drug-likeness (QED) is 0.833. The van der Waals surface area contributed by atoms with Gasteiger partial charge in [-0.1, -0.05) is 0 Å². The number of carbonyl (C=O) groups is 2. The van der Waals surface area contributed by atoms with E-state index in [0.29, 0.717) is 30.8 Å². The lowest BCUT2D eigenvalue weighted by Gasteiger charge is -2.32. The van der Waals surface area contributed by atoms with E-state index in [9.17, 15) is 14.0 Å². The first kappa shape index (κ1) is 20.2. The number of aromatic amines is 1. The van der Waals surface area contributed by atoms with E-state index in [1.54, 1.807) is 11.0 Å². The van der Waals surface area contributed by atoms with Gasteiger partial charge in [-0.3, -0.25) is 4.79 Å². The van der Waals surface area contributed by atoms with Crippen molar-refractivity contribution in [2.75, 3.05) is 19.6 Å². The Bertz CT molecular complexity index is 885. The number of hydrogen-bond acceptors (Lipinski definition) is 3. The molecule has 0 spiro atoms. The van der Waals surface area contributed by atoms with Gasteiger partial charge in [-0.2, -0.15) is 0 Å². The first-order valence-corrected chi connectivity index (χ1v) is 9.67. The van der Waals surface area contributed by atoms with E-state index in [1.807, 2.05) is 27.7 Å². The Labute approximate surface area is 164 Å². The zero-order chi connectivity index (χ0) is 20.5. The summed E-state index contributed by atoms with van der Waals surface area (Å²) in [6.45, 7) is 8.99. The zero-order valence-corrected chi connectivity index (χ0v) is 16.9. The number of amides is 2. The average Bonchev–Trinajstić information content (AvgIpc) is 3.02. The van der Waals surface area contributed by atoms with E-state index in [0.717, 1.165) is 23.8 Å². The van der Waals surface area contributed by atoms with Gasteiger partial charge in [-0.05, 0) is 70.2 Å². The lowest BCUT2D eigenvalue weighted by atomic mass is 9.98. The molecular formula is C21H28FN3O3. The molecule has 1 unspecified atom stereocenters. The number of alkyl carbamates (subject to hydrolysis) is 1. The molecule has 1 atom stereocenters. The van der Waals surface area contributed by atoms with E-state index >= 15 is 0 Å². The van der Waals surface area contributed by atoms with Crippen molar-refractivity contribution in [3.63, 3.8) is 0 Å². The normalized spacial score (nSPS) is 17.6. The van der Waals surface area contributed by atoms with Crippen molar-refractivity contribution < 1.29 is 18.7 Å². The number of hydrogen-bond donors (Lipinski definition) is 2. The molecule has 0 saturated carbocycles. The first-order chi connectivity index (χ1) is 13.1. The van der Waals surface area contributed by atoms with Gasteiger partial charge in [0, 0.05) is 30.5 Å². The summed E-state index contributed by atoms with van der Waals surface area (Å²) in [6.07, 6.45) is 1.38. The van der Waals surface area contributed by atoms with E-state index in [4.69, 9.17) is 4.74 Å². The number of piperidine rings is 1. The minimum Gasteiger partial charge on any atom is -0.444 e. The largest absolute Gasteiger partial charge is 0.444 e. The number of ether oxygens (including phenoxy) is 1. The number of aryl methyl sites for hydroxylation is 1. The number of aromatic nitrogens is 1. The van der Waals surface area contributed by atoms with Crippen LogP contribution >= 0.6 is 0 Å². The number of nitrogens with zero attached hydrogens (tertiary/aromatic N) is 1. The van der Waals surface area contributed by atoms with Crippen LogP contribution in [0.1, 0.15) is 49.7 Å². The van der Waals surface area contributed by atoms with Crippen LogP contribution < -0.4 is 5.32 Å². The SMILES string of the molecule is Cc1cc(F)cc2[nH]c(C(=O)N3CCCC(CNC(=O)OC(C)(C)C)C3)cc12. The number of carbonyl (C=O) groups excluding carboxylic acids is 2. The van der Waals surface area contributed by atoms with Gasteiger partial charge in [-0.25, -0.2) is 9.18 Å². The molecule has 1 saturated heterocycles. The number of halogens is 1. The maximum absolute atomic E-state index is 13.6. The van der Waals surface area contributed by atoms with Crippen LogP contribution in [0.4, 0.5) is 9.18 Å². The van der Waals surface area contributed by atoms with Gasteiger partial charge in [0.2, 0.25) is 0 Å². The summed E-state index contributed by atoms with van der Waals surface area (Å²) in [5.41, 5.74) is 1.35. The highest BCUT2D eigenvalue weighted by Gasteiger charge is 2.26. The number of benzene rings is 1. The second-order valence-corrected chi connectivity index (χ2v) is 8.51. The standard InChI is InChI=1S/C21H28FN3O3/c1-13-8-15(22)9-17-16(13)10-18(24-17)19(26)25-7-5-6-14(12-25)11-23-20(27)28-21(2,3)4/h8-10,14,24H,5-7,11-12H2,1-4H3,(H,23,27). The molecule has 1 aromatic carbocycles. The summed E-state index contributed by atoms with van der Waals surface area (Å²) in [5, 5.41) is 3.65. The summed E-state index contributed by atoms with van der Waals surface area (Å²) in [7, 11) is 0. The van der Waals surface area contributed by atoms with Crippen LogP contribution in [0.25, 0.3) is 10.9 Å². The lowest BCUT2D eigenvalue weighted by Crippen LogP contribution is -2.44. The highest BCUT2D eigenvalue weighted by atomic mass is 19.1. The molecule has 1 aliphatic heterocycles. The molecule has 6 nitrogen and oxygen atoms in total. The van der Waals surface area contributed by atoms with Gasteiger partial charge in [0.1, 0.15) is 17.1 Å². The monoisotopic (exact) mass is 389 g/mol. The van der Waals surface area contributed by atoms with E-state index in [-0.39, 0.29) is 17.6 Å². The molecule has 2 amide bonds. The Morgan fingerprint density at radius 1 is 1.32 bits per heavy atom. The van der Waals surface area contributed by atoms with Crippen molar-refractivity contribution >= 4 is 22.9 Å². The van der Waals surface area contributed by atoms with Crippen LogP contribution in [0.15, 0.2) is 18.2 Å². The van der Waals surface area contributed by atoms with Crippen LogP contribution in [-0.4, -0.2) is 47.1 Å². The lowest BCUT2D eigenvalue weighted by molar-refractivity contribution is 0.0502. The third-order valence-electron chi connectivity index (χ3n) is 4.88. The third-order valence-corrected chi connectivity index (χ3v) is 4.88. The number of likely N-dealkylation sites (tertiary alicyclic amines) is 1. The summed E-state index contributed by atoms with van der Waals surface area (Å²) >= 11 is 0. The Kier molecular flexibility index (Phi) is 5.63. The molecule has 3 rings (SSSR count). The molecule has 2 heterocycles. The van der Waals surface area contributed by atoms with Gasteiger partial charge in [0.15, 0.2) is 0 Å². The molecular weight excluding hydrogens is 361 g/mol. The second kappa shape index (κ2) is 7.81. The Balaban J connectivity index is 1.63. The predicted octanol–water partition coefficient (Wildman–Crippen LogP) is 3.99. The summed E-state index contributed by atoms with van der Waals surface area (Å²) < 4.78 is 18.9. The number of rotatable bonds is 3. The maximum Gasteiger partial charge on any atom is 0.407 e. The topological polar surface area (TPSA) is 74.4 Å². The molecule has 0 radical (unpaired) electrons. The van der Waals surface area contributed by atoms with Gasteiger partial charge in [-0.15, -0.1) is 0 Å². The van der Waals surface area contributed by atoms with E-state index < -0.39 is 11.7 Å². The van der Waals surface area contributed by atoms with Gasteiger partial charge in [0.05, 0.1) is 0 Å². The molecule has 1 fully saturated rings. The summed E-state index contributed by atoms with van der Waals surface area (Å²) in [4.78, 5) is 29.6. The molecule has 1 aromatic heterocycles. The Hall–Kier alpha value is -2.57. The van der Waals surface area contributed by atoms with Crippen molar-refractivity contribution in [2.24, 2.45) is 5.92 Å². The fourth-order valence-electron chi connectivity index (χ4n) is 3.62. The summed E-state index contributed by atoms with van der Waals surface area (Å²) in [6, 6.07) is 4.65. The fourth-order valence-corrected chi connectivity index (χ4v) is 3.62. The molecule has 2 aromatic rings. The van der Waals surface area contributed by atoms with Crippen LogP contribution in [0.5, 0.6) is 0 Å². The van der Waals surface area contributed by atoms with Gasteiger partial charge >= 0.3 is 6.09 Å². The second-order valence-electron chi connectivity index (χ2n) is 8.51. The van der Waals surface area contributed by atoms with Gasteiger partial charge < -0.3 is 19.9 Å². The highest BCUT2D eigenvalue weighted by molar-refractivity contribution is 5.98. The minimum absolute atomic E-state index is 0.0991. The Morgan fingerprint density at radius 2 is 2.07 bits per heavy atom. The molecule has 28 heavy (non-hydrogen) atoms. The van der Waals surface area contributed by atoms with Crippen molar-refractivity contribution in [1.82, 2.24) is 15.2 Å². The molecule has 152 valence electrons. The van der Waals surface area contributed by atoms with E-state index in [2.05, 4.69) is 10.3 Å². The van der Waals surface area contributed by atoms with Crippen molar-refractivity contribution in [1.29, 1.82) is 0 Å². The predicted molar refractivity (Wildman–Crippen MR) is 106 cm³/mol. The highest BCUT2D eigenvalue weighted by Crippen LogP contribution is 2.24. The molecule has 2 N–H and O–H groups in total. The molecule has 7 heteroatoms. The average molecular weight is 389 g/mol. The van der Waals surface area contributed by atoms with Crippen LogP contribution in [0.2, 0.25) is 0 Å². The van der Waals surface area contributed by atoms with Crippen molar-refractivity contribution in [2.45, 2.75) is 46.1 Å². The smallest absolute Gasteiger partial charge is 0.407 e. The zero-order valence-electron chi connectivity index (χ0n) is 16.9. The first-order valence-electron chi connectivity index (χ1n) is 9.67. The van der Waals surface area contributed by atoms with E-state index in [1.165, 1.54) is 12.1 Å². The minimum atomic E-state index is -0.536. The van der Waals surface area contributed by atoms with Gasteiger partial charge in [0.25, 0.3) is 5.91 Å². The van der Waals surface area contributed by atoms with Crippen molar-refractivity contribution in [3.8, 4) is 0 Å². The molecule has 0 aliphatic carbocycles. The number of nitrogens with one attached hydrogen (secondary N) is 2. The number of H-pyrrole nitrogens is 1. The maximum atomic E-state index is 13.6. The third kappa shape index (κ3) is 4.82. The summed E-state index contributed by atoms with van der Waals surface area (Å²) in [5.74, 6) is -0.246. The Morgan fingerprint density at radius 3 is 2.79 bits per heavy atom. The molecule has 0 bridgehead atoms. The fraction of sp³-hybridized carbons (Fsp3) is 0.524. The molecule has 1 aliphatic rings.